The minimum Gasteiger partial charge on any atom is -0.466 e. The van der Waals surface area contributed by atoms with E-state index in [0.29, 0.717) is 45.2 Å². The molecule has 0 atom stereocenters. The molecule has 0 saturated heterocycles. The maximum atomic E-state index is 13.6. The van der Waals surface area contributed by atoms with Crippen LogP contribution in [0.1, 0.15) is 65.2 Å². The lowest BCUT2D eigenvalue weighted by Gasteiger charge is -2.56. The van der Waals surface area contributed by atoms with Crippen molar-refractivity contribution in [1.82, 2.24) is 4.90 Å². The van der Waals surface area contributed by atoms with Crippen LogP contribution in [-0.2, 0) is 19.1 Å². The molecular formula is C21H35NO4. The van der Waals surface area contributed by atoms with Gasteiger partial charge in [-0.25, -0.2) is 0 Å². The highest BCUT2D eigenvalue weighted by atomic mass is 16.5. The van der Waals surface area contributed by atoms with Gasteiger partial charge in [-0.3, -0.25) is 9.59 Å². The maximum absolute atomic E-state index is 13.6. The summed E-state index contributed by atoms with van der Waals surface area (Å²) in [7, 11) is 0. The van der Waals surface area contributed by atoms with E-state index in [1.807, 2.05) is 18.7 Å². The summed E-state index contributed by atoms with van der Waals surface area (Å²) in [5.74, 6) is 2.35. The lowest BCUT2D eigenvalue weighted by Crippen LogP contribution is -2.55. The van der Waals surface area contributed by atoms with Gasteiger partial charge in [-0.05, 0) is 76.5 Å². The molecule has 0 spiro atoms. The SMILES string of the molecule is CCOCCCN(CCC(=O)OCC)C(=O)C12CC3CC(CC(C3)C1)C2. The first-order valence-corrected chi connectivity index (χ1v) is 10.6. The van der Waals surface area contributed by atoms with Crippen molar-refractivity contribution in [3.8, 4) is 0 Å². The van der Waals surface area contributed by atoms with Crippen molar-refractivity contribution in [3.63, 3.8) is 0 Å². The van der Waals surface area contributed by atoms with E-state index in [1.54, 1.807) is 0 Å². The molecule has 26 heavy (non-hydrogen) atoms. The Morgan fingerprint density at radius 3 is 2.12 bits per heavy atom. The van der Waals surface area contributed by atoms with Gasteiger partial charge < -0.3 is 14.4 Å². The molecule has 4 fully saturated rings. The first-order valence-electron chi connectivity index (χ1n) is 10.6. The largest absolute Gasteiger partial charge is 0.466 e. The van der Waals surface area contributed by atoms with E-state index in [-0.39, 0.29) is 11.4 Å². The number of hydrogen-bond donors (Lipinski definition) is 0. The van der Waals surface area contributed by atoms with Crippen LogP contribution in [0, 0.1) is 23.2 Å². The number of carbonyl (C=O) groups is 2. The number of ether oxygens (including phenoxy) is 2. The maximum Gasteiger partial charge on any atom is 0.307 e. The fourth-order valence-electron chi connectivity index (χ4n) is 5.98. The van der Waals surface area contributed by atoms with Crippen LogP contribution >= 0.6 is 0 Å². The summed E-state index contributed by atoms with van der Waals surface area (Å²) in [5.41, 5.74) is -0.144. The van der Waals surface area contributed by atoms with Crippen LogP contribution in [-0.4, -0.2) is 49.7 Å². The van der Waals surface area contributed by atoms with E-state index in [2.05, 4.69) is 0 Å². The summed E-state index contributed by atoms with van der Waals surface area (Å²) in [6.07, 6.45) is 8.33. The molecule has 0 aromatic rings. The Morgan fingerprint density at radius 1 is 0.962 bits per heavy atom. The average Bonchev–Trinajstić information content (AvgIpc) is 2.59. The molecule has 0 unspecified atom stereocenters. The third-order valence-electron chi connectivity index (χ3n) is 6.59. The van der Waals surface area contributed by atoms with Crippen molar-refractivity contribution in [2.45, 2.75) is 65.2 Å². The van der Waals surface area contributed by atoms with Crippen molar-refractivity contribution < 1.29 is 19.1 Å². The van der Waals surface area contributed by atoms with E-state index in [1.165, 1.54) is 19.3 Å². The average molecular weight is 366 g/mol. The Bertz CT molecular complexity index is 469. The van der Waals surface area contributed by atoms with Crippen LogP contribution in [0.3, 0.4) is 0 Å². The number of rotatable bonds is 10. The fraction of sp³-hybridized carbons (Fsp3) is 0.905. The molecule has 4 aliphatic rings. The third-order valence-corrected chi connectivity index (χ3v) is 6.59. The quantitative estimate of drug-likeness (QED) is 0.440. The van der Waals surface area contributed by atoms with Crippen LogP contribution < -0.4 is 0 Å². The molecule has 4 aliphatic carbocycles. The highest BCUT2D eigenvalue weighted by molar-refractivity contribution is 5.84. The molecule has 5 nitrogen and oxygen atoms in total. The molecule has 0 radical (unpaired) electrons. The van der Waals surface area contributed by atoms with E-state index < -0.39 is 0 Å². The summed E-state index contributed by atoms with van der Waals surface area (Å²) >= 11 is 0. The van der Waals surface area contributed by atoms with E-state index in [9.17, 15) is 9.59 Å². The van der Waals surface area contributed by atoms with Crippen molar-refractivity contribution >= 4 is 11.9 Å². The van der Waals surface area contributed by atoms with Gasteiger partial charge in [-0.2, -0.15) is 0 Å². The number of esters is 1. The zero-order valence-corrected chi connectivity index (χ0v) is 16.5. The first kappa shape index (κ1) is 19.7. The topological polar surface area (TPSA) is 55.8 Å². The van der Waals surface area contributed by atoms with Crippen molar-refractivity contribution in [2.24, 2.45) is 23.2 Å². The van der Waals surface area contributed by atoms with Crippen molar-refractivity contribution in [3.05, 3.63) is 0 Å². The minimum absolute atomic E-state index is 0.144. The molecule has 0 aromatic heterocycles. The number of nitrogens with zero attached hydrogens (tertiary/aromatic N) is 1. The standard InChI is InChI=1S/C21H35NO4/c1-3-25-9-5-7-22(8-6-19(23)26-4-2)20(24)21-13-16-10-17(14-21)12-18(11-16)15-21/h16-18H,3-15H2,1-2H3. The Morgan fingerprint density at radius 2 is 1.58 bits per heavy atom. The monoisotopic (exact) mass is 365 g/mol. The van der Waals surface area contributed by atoms with Gasteiger partial charge in [0.25, 0.3) is 0 Å². The number of hydrogen-bond acceptors (Lipinski definition) is 4. The Labute approximate surface area is 157 Å². The summed E-state index contributed by atoms with van der Waals surface area (Å²) in [4.78, 5) is 27.3. The molecular weight excluding hydrogens is 330 g/mol. The van der Waals surface area contributed by atoms with Gasteiger partial charge in [0.2, 0.25) is 5.91 Å². The summed E-state index contributed by atoms with van der Waals surface area (Å²) in [5, 5.41) is 0. The first-order chi connectivity index (χ1) is 12.6. The zero-order chi connectivity index (χ0) is 18.6. The molecule has 5 heteroatoms. The van der Waals surface area contributed by atoms with Crippen LogP contribution in [0.25, 0.3) is 0 Å². The van der Waals surface area contributed by atoms with Crippen LogP contribution in [0.15, 0.2) is 0 Å². The summed E-state index contributed by atoms with van der Waals surface area (Å²) < 4.78 is 10.5. The molecule has 0 aromatic carbocycles. The lowest BCUT2D eigenvalue weighted by molar-refractivity contribution is -0.158. The second kappa shape index (κ2) is 8.73. The molecule has 4 bridgehead atoms. The second-order valence-electron chi connectivity index (χ2n) is 8.60. The van der Waals surface area contributed by atoms with E-state index in [4.69, 9.17) is 9.47 Å². The summed E-state index contributed by atoms with van der Waals surface area (Å²) in [6, 6.07) is 0. The van der Waals surface area contributed by atoms with Crippen LogP contribution in [0.5, 0.6) is 0 Å². The molecule has 148 valence electrons. The smallest absolute Gasteiger partial charge is 0.307 e. The normalized spacial score (nSPS) is 31.8. The van der Waals surface area contributed by atoms with E-state index in [0.717, 1.165) is 43.4 Å². The van der Waals surface area contributed by atoms with Gasteiger partial charge in [-0.1, -0.05) is 0 Å². The second-order valence-corrected chi connectivity index (χ2v) is 8.60. The molecule has 0 N–H and O–H groups in total. The fourth-order valence-corrected chi connectivity index (χ4v) is 5.98. The highest BCUT2D eigenvalue weighted by Crippen LogP contribution is 2.60. The predicted octanol–water partition coefficient (Wildman–Crippen LogP) is 3.41. The minimum atomic E-state index is -0.208. The van der Waals surface area contributed by atoms with Gasteiger partial charge in [0.15, 0.2) is 0 Å². The number of amides is 1. The van der Waals surface area contributed by atoms with Gasteiger partial charge in [0.1, 0.15) is 0 Å². The molecule has 4 saturated carbocycles. The van der Waals surface area contributed by atoms with Crippen molar-refractivity contribution in [2.75, 3.05) is 32.9 Å². The highest BCUT2D eigenvalue weighted by Gasteiger charge is 2.55. The van der Waals surface area contributed by atoms with E-state index >= 15 is 0 Å². The zero-order valence-electron chi connectivity index (χ0n) is 16.5. The molecule has 0 heterocycles. The molecule has 0 aliphatic heterocycles. The summed E-state index contributed by atoms with van der Waals surface area (Å²) in [6.45, 7) is 6.72. The Hall–Kier alpha value is -1.10. The van der Waals surface area contributed by atoms with Crippen LogP contribution in [0.4, 0.5) is 0 Å². The molecule has 1 amide bonds. The Kier molecular flexibility index (Phi) is 6.60. The number of carbonyl (C=O) groups excluding carboxylic acids is 2. The van der Waals surface area contributed by atoms with Crippen LogP contribution in [0.2, 0.25) is 0 Å². The van der Waals surface area contributed by atoms with Gasteiger partial charge in [0, 0.05) is 26.3 Å². The van der Waals surface area contributed by atoms with Gasteiger partial charge >= 0.3 is 5.97 Å². The predicted molar refractivity (Wildman–Crippen MR) is 99.5 cm³/mol. The molecule has 4 rings (SSSR count). The third kappa shape index (κ3) is 4.41. The van der Waals surface area contributed by atoms with Gasteiger partial charge in [-0.15, -0.1) is 0 Å². The Balaban J connectivity index is 1.64. The van der Waals surface area contributed by atoms with Crippen molar-refractivity contribution in [1.29, 1.82) is 0 Å². The van der Waals surface area contributed by atoms with Gasteiger partial charge in [0.05, 0.1) is 18.4 Å². The lowest BCUT2D eigenvalue weighted by atomic mass is 9.49.